The number of furan rings is 1. The average molecular weight is 806 g/mol. The largest absolute Gasteiger partial charge is 0.456 e. The van der Waals surface area contributed by atoms with Gasteiger partial charge in [0.15, 0.2) is 11.6 Å². The van der Waals surface area contributed by atoms with Crippen molar-refractivity contribution in [1.82, 2.24) is 24.1 Å². The molecule has 6 nitrogen and oxygen atoms in total. The Hall–Kier alpha value is -8.61. The van der Waals surface area contributed by atoms with Gasteiger partial charge in [-0.3, -0.25) is 4.57 Å². The first kappa shape index (κ1) is 35.2. The van der Waals surface area contributed by atoms with E-state index < -0.39 is 0 Å². The first-order valence-corrected chi connectivity index (χ1v) is 21.2. The lowest BCUT2D eigenvalue weighted by atomic mass is 10.0. The molecule has 4 heterocycles. The highest BCUT2D eigenvalue weighted by molar-refractivity contribution is 6.23. The summed E-state index contributed by atoms with van der Waals surface area (Å²) in [6.07, 6.45) is 0. The minimum absolute atomic E-state index is 0.531. The van der Waals surface area contributed by atoms with Crippen LogP contribution in [0, 0.1) is 0 Å². The molecule has 0 unspecified atom stereocenters. The van der Waals surface area contributed by atoms with Gasteiger partial charge in [0.05, 0.1) is 22.1 Å². The van der Waals surface area contributed by atoms with Crippen molar-refractivity contribution < 1.29 is 4.42 Å². The zero-order chi connectivity index (χ0) is 41.4. The van der Waals surface area contributed by atoms with Crippen LogP contribution in [0.1, 0.15) is 0 Å². The number of aromatic nitrogens is 5. The quantitative estimate of drug-likeness (QED) is 0.168. The fourth-order valence-electron chi connectivity index (χ4n) is 9.54. The van der Waals surface area contributed by atoms with Crippen molar-refractivity contribution >= 4 is 65.6 Å². The summed E-state index contributed by atoms with van der Waals surface area (Å²) in [4.78, 5) is 16.1. The molecular formula is C57H35N5O. The summed E-state index contributed by atoms with van der Waals surface area (Å²) in [5.41, 5.74) is 13.3. The summed E-state index contributed by atoms with van der Waals surface area (Å²) in [6.45, 7) is 0. The second kappa shape index (κ2) is 14.0. The molecule has 13 rings (SSSR count). The van der Waals surface area contributed by atoms with Crippen LogP contribution in [0.25, 0.3) is 122 Å². The maximum atomic E-state index is 6.52. The van der Waals surface area contributed by atoms with Gasteiger partial charge in [-0.05, 0) is 64.7 Å². The molecule has 4 aromatic heterocycles. The maximum absolute atomic E-state index is 6.52. The van der Waals surface area contributed by atoms with Gasteiger partial charge in [-0.15, -0.1) is 0 Å². The van der Waals surface area contributed by atoms with Crippen LogP contribution in [0.4, 0.5) is 0 Å². The van der Waals surface area contributed by atoms with Crippen molar-refractivity contribution in [3.05, 3.63) is 212 Å². The molecule has 0 atom stereocenters. The molecule has 0 spiro atoms. The average Bonchev–Trinajstić information content (AvgIpc) is 4.02. The van der Waals surface area contributed by atoms with E-state index in [1.807, 2.05) is 36.4 Å². The molecule has 0 radical (unpaired) electrons. The lowest BCUT2D eigenvalue weighted by Gasteiger charge is -2.14. The van der Waals surface area contributed by atoms with Crippen molar-refractivity contribution in [1.29, 1.82) is 0 Å². The van der Waals surface area contributed by atoms with Gasteiger partial charge in [-0.25, -0.2) is 4.98 Å². The minimum atomic E-state index is 0.531. The number of para-hydroxylation sites is 2. The van der Waals surface area contributed by atoms with E-state index in [0.717, 1.165) is 88.1 Å². The van der Waals surface area contributed by atoms with Gasteiger partial charge in [0.2, 0.25) is 5.95 Å². The Kier molecular flexibility index (Phi) is 7.80. The summed E-state index contributed by atoms with van der Waals surface area (Å²) >= 11 is 0. The van der Waals surface area contributed by atoms with Crippen LogP contribution < -0.4 is 0 Å². The van der Waals surface area contributed by atoms with E-state index in [1.54, 1.807) is 0 Å². The van der Waals surface area contributed by atoms with Crippen LogP contribution in [0.2, 0.25) is 0 Å². The number of fused-ring (bicyclic) bond motifs is 10. The molecule has 0 aliphatic rings. The van der Waals surface area contributed by atoms with Gasteiger partial charge in [-0.2, -0.15) is 9.97 Å². The molecule has 0 aliphatic carbocycles. The molecule has 0 aliphatic heterocycles. The van der Waals surface area contributed by atoms with Crippen LogP contribution in [-0.4, -0.2) is 24.1 Å². The molecule has 0 saturated heterocycles. The molecule has 0 bridgehead atoms. The van der Waals surface area contributed by atoms with Crippen LogP contribution in [0.5, 0.6) is 0 Å². The Morgan fingerprint density at radius 2 is 0.873 bits per heavy atom. The number of hydrogen-bond donors (Lipinski definition) is 0. The van der Waals surface area contributed by atoms with Crippen molar-refractivity contribution in [2.75, 3.05) is 0 Å². The van der Waals surface area contributed by atoms with Crippen LogP contribution in [0.3, 0.4) is 0 Å². The molecule has 0 N–H and O–H groups in total. The van der Waals surface area contributed by atoms with E-state index in [-0.39, 0.29) is 0 Å². The number of benzene rings is 9. The van der Waals surface area contributed by atoms with Crippen molar-refractivity contribution in [2.24, 2.45) is 0 Å². The third-order valence-electron chi connectivity index (χ3n) is 12.4. The second-order valence-electron chi connectivity index (χ2n) is 16.0. The van der Waals surface area contributed by atoms with Crippen molar-refractivity contribution in [3.63, 3.8) is 0 Å². The Bertz CT molecular complexity index is 3890. The van der Waals surface area contributed by atoms with Crippen molar-refractivity contribution in [3.8, 4) is 56.7 Å². The van der Waals surface area contributed by atoms with Crippen molar-refractivity contribution in [2.45, 2.75) is 0 Å². The van der Waals surface area contributed by atoms with Gasteiger partial charge in [0.1, 0.15) is 11.2 Å². The summed E-state index contributed by atoms with van der Waals surface area (Å²) < 4.78 is 11.2. The SMILES string of the molecule is c1ccc(-c2ccc(-n3c4ccccc4c4ccc5c6ccccc6n(-c6nc(-c7ccccc7)nc(-c7cccc8oc9ccc(-c%10ccccc%10)cc9c78)n6)c5c43)cc2)cc1. The van der Waals surface area contributed by atoms with E-state index in [0.29, 0.717) is 17.6 Å². The minimum Gasteiger partial charge on any atom is -0.456 e. The summed E-state index contributed by atoms with van der Waals surface area (Å²) in [7, 11) is 0. The Morgan fingerprint density at radius 3 is 1.56 bits per heavy atom. The van der Waals surface area contributed by atoms with Crippen LogP contribution >= 0.6 is 0 Å². The van der Waals surface area contributed by atoms with E-state index in [9.17, 15) is 0 Å². The molecule has 294 valence electrons. The normalized spacial score (nSPS) is 11.8. The Balaban J connectivity index is 1.12. The molecule has 0 saturated carbocycles. The predicted octanol–water partition coefficient (Wildman–Crippen LogP) is 14.6. The van der Waals surface area contributed by atoms with Crippen LogP contribution in [-0.2, 0) is 0 Å². The molecule has 0 amide bonds. The zero-order valence-corrected chi connectivity index (χ0v) is 33.9. The molecule has 6 heteroatoms. The topological polar surface area (TPSA) is 61.7 Å². The Morgan fingerprint density at radius 1 is 0.333 bits per heavy atom. The molecule has 63 heavy (non-hydrogen) atoms. The van der Waals surface area contributed by atoms with Crippen LogP contribution in [0.15, 0.2) is 217 Å². The number of nitrogens with zero attached hydrogens (tertiary/aromatic N) is 5. The molecular weight excluding hydrogens is 771 g/mol. The second-order valence-corrected chi connectivity index (χ2v) is 16.0. The first-order chi connectivity index (χ1) is 31.2. The predicted molar refractivity (Wildman–Crippen MR) is 258 cm³/mol. The highest BCUT2D eigenvalue weighted by Crippen LogP contribution is 2.43. The molecule has 9 aromatic carbocycles. The zero-order valence-electron chi connectivity index (χ0n) is 33.9. The van der Waals surface area contributed by atoms with E-state index in [1.165, 1.54) is 16.5 Å². The van der Waals surface area contributed by atoms with E-state index in [2.05, 4.69) is 185 Å². The number of rotatable bonds is 6. The number of hydrogen-bond acceptors (Lipinski definition) is 4. The summed E-state index contributed by atoms with van der Waals surface area (Å²) in [5.74, 6) is 1.68. The van der Waals surface area contributed by atoms with Gasteiger partial charge >= 0.3 is 0 Å². The summed E-state index contributed by atoms with van der Waals surface area (Å²) in [6, 6.07) is 74.4. The molecule has 0 fully saturated rings. The highest BCUT2D eigenvalue weighted by Gasteiger charge is 2.24. The third kappa shape index (κ3) is 5.55. The molecule has 13 aromatic rings. The lowest BCUT2D eigenvalue weighted by Crippen LogP contribution is -2.07. The fourth-order valence-corrected chi connectivity index (χ4v) is 9.54. The fraction of sp³-hybridized carbons (Fsp3) is 0. The Labute approximate surface area is 361 Å². The highest BCUT2D eigenvalue weighted by atomic mass is 16.3. The van der Waals surface area contributed by atoms with E-state index >= 15 is 0 Å². The summed E-state index contributed by atoms with van der Waals surface area (Å²) in [5, 5.41) is 6.52. The van der Waals surface area contributed by atoms with Gasteiger partial charge in [0, 0.05) is 49.1 Å². The van der Waals surface area contributed by atoms with Gasteiger partial charge < -0.3 is 8.98 Å². The lowest BCUT2D eigenvalue weighted by molar-refractivity contribution is 0.669. The van der Waals surface area contributed by atoms with Gasteiger partial charge in [0.25, 0.3) is 0 Å². The standard InChI is InChI=1S/C57H35N5O/c1-4-15-36(16-5-1)38-27-30-41(31-28-38)61-48-24-12-10-21-42(48)44-32-33-45-43-22-11-13-25-49(43)62(54(45)53(44)61)57-59-55(39-19-8-3-9-20-39)58-56(60-57)46-23-14-26-51-52(46)47-35-40(29-34-50(47)63-51)37-17-6-2-7-18-37/h1-35H. The maximum Gasteiger partial charge on any atom is 0.238 e. The smallest absolute Gasteiger partial charge is 0.238 e. The van der Waals surface area contributed by atoms with E-state index in [4.69, 9.17) is 19.4 Å². The van der Waals surface area contributed by atoms with Gasteiger partial charge in [-0.1, -0.05) is 170 Å². The third-order valence-corrected chi connectivity index (χ3v) is 12.4. The monoisotopic (exact) mass is 805 g/mol. The first-order valence-electron chi connectivity index (χ1n) is 21.2.